The van der Waals surface area contributed by atoms with Crippen LogP contribution >= 0.6 is 0 Å². The molecule has 4 heterocycles. The molecule has 1 atom stereocenters. The van der Waals surface area contributed by atoms with Crippen molar-refractivity contribution in [2.45, 2.75) is 13.0 Å². The molecule has 0 aliphatic carbocycles. The Labute approximate surface area is 138 Å². The van der Waals surface area contributed by atoms with Gasteiger partial charge in [-0.15, -0.1) is 0 Å². The van der Waals surface area contributed by atoms with Crippen molar-refractivity contribution in [2.75, 3.05) is 43.5 Å². The number of hydrogen-bond donors (Lipinski definition) is 1. The van der Waals surface area contributed by atoms with Gasteiger partial charge in [-0.25, -0.2) is 15.0 Å². The quantitative estimate of drug-likeness (QED) is 0.842. The van der Waals surface area contributed by atoms with Crippen LogP contribution in [0.3, 0.4) is 0 Å². The molecule has 2 aromatic rings. The Bertz CT molecular complexity index is 733. The number of nitrogen functional groups attached to an aromatic ring is 1. The Kier molecular flexibility index (Phi) is 3.77. The molecule has 0 spiro atoms. The largest absolute Gasteiger partial charge is 0.481 e. The van der Waals surface area contributed by atoms with E-state index < -0.39 is 0 Å². The molecule has 9 nitrogen and oxygen atoms in total. The van der Waals surface area contributed by atoms with Gasteiger partial charge < -0.3 is 24.8 Å². The summed E-state index contributed by atoms with van der Waals surface area (Å²) in [6.07, 6.45) is 3.13. The number of hydrogen-bond acceptors (Lipinski definition) is 9. The third-order valence-corrected chi connectivity index (χ3v) is 3.83. The van der Waals surface area contributed by atoms with Crippen molar-refractivity contribution in [1.29, 1.82) is 0 Å². The first-order chi connectivity index (χ1) is 11.7. The predicted molar refractivity (Wildman–Crippen MR) is 86.1 cm³/mol. The molecular formula is C15H18N6O3. The highest BCUT2D eigenvalue weighted by atomic mass is 16.6. The van der Waals surface area contributed by atoms with E-state index in [9.17, 15) is 0 Å². The highest BCUT2D eigenvalue weighted by molar-refractivity contribution is 5.65. The molecule has 1 fully saturated rings. The van der Waals surface area contributed by atoms with Gasteiger partial charge in [0.2, 0.25) is 11.7 Å². The average molecular weight is 330 g/mol. The van der Waals surface area contributed by atoms with Crippen LogP contribution in [0.5, 0.6) is 11.6 Å². The van der Waals surface area contributed by atoms with Crippen LogP contribution in [-0.2, 0) is 4.74 Å². The van der Waals surface area contributed by atoms with Gasteiger partial charge in [0, 0.05) is 25.5 Å². The van der Waals surface area contributed by atoms with E-state index >= 15 is 0 Å². The van der Waals surface area contributed by atoms with Crippen molar-refractivity contribution in [1.82, 2.24) is 19.9 Å². The summed E-state index contributed by atoms with van der Waals surface area (Å²) in [5.41, 5.74) is 6.22. The van der Waals surface area contributed by atoms with Gasteiger partial charge in [-0.2, -0.15) is 4.98 Å². The van der Waals surface area contributed by atoms with Gasteiger partial charge in [0.15, 0.2) is 11.6 Å². The van der Waals surface area contributed by atoms with Crippen molar-refractivity contribution in [3.8, 4) is 23.0 Å². The molecule has 0 aromatic carbocycles. The molecular weight excluding hydrogens is 312 g/mol. The number of nitrogens with zero attached hydrogens (tertiary/aromatic N) is 5. The Morgan fingerprint density at radius 3 is 2.67 bits per heavy atom. The van der Waals surface area contributed by atoms with E-state index in [1.165, 1.54) is 0 Å². The van der Waals surface area contributed by atoms with E-state index in [4.69, 9.17) is 19.9 Å². The van der Waals surface area contributed by atoms with E-state index in [1.807, 2.05) is 6.92 Å². The van der Waals surface area contributed by atoms with E-state index in [0.717, 1.165) is 13.1 Å². The molecule has 1 saturated heterocycles. The number of rotatable bonds is 2. The molecule has 24 heavy (non-hydrogen) atoms. The maximum Gasteiger partial charge on any atom is 0.263 e. The maximum atomic E-state index is 5.85. The molecule has 0 radical (unpaired) electrons. The number of ether oxygens (including phenoxy) is 3. The van der Waals surface area contributed by atoms with Crippen molar-refractivity contribution >= 4 is 11.8 Å². The normalized spacial score (nSPS) is 20.0. The maximum absolute atomic E-state index is 5.85. The van der Waals surface area contributed by atoms with Crippen LogP contribution in [0.25, 0.3) is 11.4 Å². The summed E-state index contributed by atoms with van der Waals surface area (Å²) in [5, 5.41) is 0. The third-order valence-electron chi connectivity index (χ3n) is 3.83. The second-order valence-corrected chi connectivity index (χ2v) is 5.67. The summed E-state index contributed by atoms with van der Waals surface area (Å²) in [5.74, 6) is 2.42. The Balaban J connectivity index is 1.80. The molecule has 9 heteroatoms. The van der Waals surface area contributed by atoms with Gasteiger partial charge in [-0.3, -0.25) is 0 Å². The monoisotopic (exact) mass is 330 g/mol. The van der Waals surface area contributed by atoms with Crippen LogP contribution in [0.4, 0.5) is 11.8 Å². The summed E-state index contributed by atoms with van der Waals surface area (Å²) in [4.78, 5) is 19.3. The molecule has 1 unspecified atom stereocenters. The van der Waals surface area contributed by atoms with Crippen molar-refractivity contribution < 1.29 is 14.2 Å². The zero-order chi connectivity index (χ0) is 16.5. The standard InChI is InChI=1S/C15H18N6O3/c1-9-8-23-11-13(21-2-4-22-5-3-21)19-12(20-14(11)24-9)10-6-17-15(16)18-7-10/h6-7,9H,2-5,8H2,1H3,(H2,16,17,18). The van der Waals surface area contributed by atoms with Gasteiger partial charge >= 0.3 is 0 Å². The molecule has 0 saturated carbocycles. The van der Waals surface area contributed by atoms with E-state index in [1.54, 1.807) is 12.4 Å². The highest BCUT2D eigenvalue weighted by Gasteiger charge is 2.28. The van der Waals surface area contributed by atoms with E-state index in [-0.39, 0.29) is 12.1 Å². The minimum absolute atomic E-state index is 0.0690. The first-order valence-electron chi connectivity index (χ1n) is 7.83. The molecule has 4 rings (SSSR count). The summed E-state index contributed by atoms with van der Waals surface area (Å²) in [7, 11) is 0. The first kappa shape index (κ1) is 14.9. The second-order valence-electron chi connectivity index (χ2n) is 5.67. The number of nitrogens with two attached hydrogens (primary N) is 1. The van der Waals surface area contributed by atoms with Crippen molar-refractivity contribution in [3.05, 3.63) is 12.4 Å². The van der Waals surface area contributed by atoms with E-state index in [0.29, 0.717) is 48.7 Å². The topological polar surface area (TPSA) is 109 Å². The fourth-order valence-electron chi connectivity index (χ4n) is 2.62. The summed E-state index contributed by atoms with van der Waals surface area (Å²) >= 11 is 0. The number of fused-ring (bicyclic) bond motifs is 1. The second kappa shape index (κ2) is 6.08. The van der Waals surface area contributed by atoms with Crippen LogP contribution in [0.2, 0.25) is 0 Å². The van der Waals surface area contributed by atoms with Crippen LogP contribution < -0.4 is 20.1 Å². The smallest absolute Gasteiger partial charge is 0.263 e. The minimum Gasteiger partial charge on any atom is -0.481 e. The Morgan fingerprint density at radius 2 is 1.92 bits per heavy atom. The van der Waals surface area contributed by atoms with Gasteiger partial charge in [0.05, 0.1) is 18.8 Å². The SMILES string of the molecule is CC1COc2c(nc(-c3cnc(N)nc3)nc2N2CCOCC2)O1. The van der Waals surface area contributed by atoms with Gasteiger partial charge in [0.1, 0.15) is 12.7 Å². The lowest BCUT2D eigenvalue weighted by Gasteiger charge is -2.32. The summed E-state index contributed by atoms with van der Waals surface area (Å²) < 4.78 is 17.1. The van der Waals surface area contributed by atoms with Crippen LogP contribution in [-0.4, -0.2) is 59.0 Å². The molecule has 2 aliphatic rings. The lowest BCUT2D eigenvalue weighted by molar-refractivity contribution is 0.0957. The van der Waals surface area contributed by atoms with Crippen LogP contribution in [0.15, 0.2) is 12.4 Å². The van der Waals surface area contributed by atoms with E-state index in [2.05, 4.69) is 24.8 Å². The van der Waals surface area contributed by atoms with Crippen LogP contribution in [0.1, 0.15) is 6.92 Å². The molecule has 2 N–H and O–H groups in total. The summed E-state index contributed by atoms with van der Waals surface area (Å²) in [6, 6.07) is 0. The molecule has 0 bridgehead atoms. The molecule has 0 amide bonds. The minimum atomic E-state index is -0.0690. The van der Waals surface area contributed by atoms with Crippen molar-refractivity contribution in [3.63, 3.8) is 0 Å². The average Bonchev–Trinajstić information content (AvgIpc) is 2.62. The molecule has 126 valence electrons. The number of aromatic nitrogens is 4. The zero-order valence-corrected chi connectivity index (χ0v) is 13.3. The van der Waals surface area contributed by atoms with Crippen molar-refractivity contribution in [2.24, 2.45) is 0 Å². The molecule has 2 aromatic heterocycles. The lowest BCUT2D eigenvalue weighted by atomic mass is 10.3. The lowest BCUT2D eigenvalue weighted by Crippen LogP contribution is -2.38. The highest BCUT2D eigenvalue weighted by Crippen LogP contribution is 2.39. The fraction of sp³-hybridized carbons (Fsp3) is 0.467. The Hall–Kier alpha value is -2.68. The van der Waals surface area contributed by atoms with Gasteiger partial charge in [0.25, 0.3) is 5.88 Å². The predicted octanol–water partition coefficient (Wildman–Crippen LogP) is 0.512. The number of morpholine rings is 1. The zero-order valence-electron chi connectivity index (χ0n) is 13.3. The number of anilines is 2. The van der Waals surface area contributed by atoms with Crippen LogP contribution in [0, 0.1) is 0 Å². The Morgan fingerprint density at radius 1 is 1.17 bits per heavy atom. The molecule has 2 aliphatic heterocycles. The summed E-state index contributed by atoms with van der Waals surface area (Å²) in [6.45, 7) is 5.18. The van der Waals surface area contributed by atoms with Gasteiger partial charge in [-0.05, 0) is 6.92 Å². The van der Waals surface area contributed by atoms with Gasteiger partial charge in [-0.1, -0.05) is 0 Å². The third kappa shape index (κ3) is 2.78. The fourth-order valence-corrected chi connectivity index (χ4v) is 2.62. The first-order valence-corrected chi connectivity index (χ1v) is 7.83.